The van der Waals surface area contributed by atoms with Crippen molar-refractivity contribution in [1.29, 1.82) is 0 Å². The molecule has 1 N–H and O–H groups in total. The molecular weight excluding hydrogens is 799 g/mol. The number of nitrogens with zero attached hydrogens (tertiary/aromatic N) is 1. The van der Waals surface area contributed by atoms with Crippen LogP contribution in [0.2, 0.25) is 17.3 Å². The van der Waals surface area contributed by atoms with Crippen LogP contribution < -0.4 is 4.40 Å². The first kappa shape index (κ1) is 36.2. The number of aromatic nitrogens is 1. The topological polar surface area (TPSA) is 50.2 Å². The number of fused-ring (bicyclic) bond motifs is 4. The summed E-state index contributed by atoms with van der Waals surface area (Å²) in [6, 6.07) is 23.7. The molecule has 1 radical (unpaired) electrons. The van der Waals surface area contributed by atoms with Crippen molar-refractivity contribution >= 4 is 65.7 Å². The SMILES string of the molecule is CCC(CC)C(=O)/C=C(\O)C(CC)CC.Cc1ccc2ccc(-c3nccc4c3sc3c[c]([Ge]([CH3])([CH3])[CH3])ccc34)[c-]c2c1.[Ir]. The molecule has 0 saturated carbocycles. The van der Waals surface area contributed by atoms with Gasteiger partial charge in [-0.25, -0.2) is 0 Å². The minimum absolute atomic E-state index is 0. The molecule has 3 nitrogen and oxygen atoms in total. The largest absolute Gasteiger partial charge is 0 e. The van der Waals surface area contributed by atoms with Crippen LogP contribution in [0.1, 0.15) is 58.9 Å². The van der Waals surface area contributed by atoms with Crippen molar-refractivity contribution in [1.82, 2.24) is 4.98 Å². The van der Waals surface area contributed by atoms with Gasteiger partial charge in [0, 0.05) is 38.0 Å². The number of pyridine rings is 1. The Kier molecular flexibility index (Phi) is 13.0. The molecule has 2 aromatic heterocycles. The van der Waals surface area contributed by atoms with Gasteiger partial charge in [-0.15, -0.1) is 0 Å². The Morgan fingerprint density at radius 2 is 1.57 bits per heavy atom. The van der Waals surface area contributed by atoms with E-state index < -0.39 is 13.3 Å². The van der Waals surface area contributed by atoms with Crippen LogP contribution in [0.25, 0.3) is 42.2 Å². The number of carbonyl (C=O) groups is 1. The van der Waals surface area contributed by atoms with E-state index in [1.165, 1.54) is 37.2 Å². The van der Waals surface area contributed by atoms with Gasteiger partial charge < -0.3 is 5.11 Å². The van der Waals surface area contributed by atoms with E-state index in [0.29, 0.717) is 0 Å². The fourth-order valence-electron chi connectivity index (χ4n) is 5.56. The van der Waals surface area contributed by atoms with E-state index in [9.17, 15) is 9.90 Å². The van der Waals surface area contributed by atoms with Gasteiger partial charge >= 0.3 is 173 Å². The van der Waals surface area contributed by atoms with E-state index in [4.69, 9.17) is 4.98 Å². The van der Waals surface area contributed by atoms with Crippen LogP contribution in [0.4, 0.5) is 0 Å². The number of hydrogen-bond donors (Lipinski definition) is 1. The van der Waals surface area contributed by atoms with Crippen molar-refractivity contribution in [3.05, 3.63) is 84.3 Å². The fourth-order valence-corrected chi connectivity index (χ4v) is 9.46. The molecule has 44 heavy (non-hydrogen) atoms. The molecule has 0 aliphatic rings. The van der Waals surface area contributed by atoms with Crippen molar-refractivity contribution in [2.75, 3.05) is 0 Å². The normalized spacial score (nSPS) is 12.1. The van der Waals surface area contributed by atoms with Gasteiger partial charge in [0.15, 0.2) is 5.78 Å². The van der Waals surface area contributed by atoms with Gasteiger partial charge in [-0.1, -0.05) is 27.7 Å². The minimum Gasteiger partial charge on any atom is 0 e. The second kappa shape index (κ2) is 15.8. The Bertz CT molecular complexity index is 1760. The van der Waals surface area contributed by atoms with Crippen LogP contribution in [-0.4, -0.2) is 29.1 Å². The van der Waals surface area contributed by atoms with E-state index in [2.05, 4.69) is 84.9 Å². The summed E-state index contributed by atoms with van der Waals surface area (Å²) < 4.78 is 4.19. The summed E-state index contributed by atoms with van der Waals surface area (Å²) in [7, 11) is 0. The van der Waals surface area contributed by atoms with Crippen molar-refractivity contribution in [3.8, 4) is 11.3 Å². The third-order valence-electron chi connectivity index (χ3n) is 8.50. The van der Waals surface area contributed by atoms with Gasteiger partial charge in [-0.3, -0.25) is 4.79 Å². The van der Waals surface area contributed by atoms with Crippen molar-refractivity contribution in [3.63, 3.8) is 0 Å². The predicted octanol–water partition coefficient (Wildman–Crippen LogP) is 10.8. The quantitative estimate of drug-likeness (QED) is 0.0696. The maximum absolute atomic E-state index is 11.7. The van der Waals surface area contributed by atoms with E-state index in [1.807, 2.05) is 45.2 Å². The second-order valence-electron chi connectivity index (χ2n) is 12.6. The van der Waals surface area contributed by atoms with Gasteiger partial charge in [0.05, 0.1) is 5.76 Å². The predicted molar refractivity (Wildman–Crippen MR) is 190 cm³/mol. The number of carbonyl (C=O) groups excluding carboxylic acids is 1. The van der Waals surface area contributed by atoms with Crippen molar-refractivity contribution < 1.29 is 30.0 Å². The number of benzene rings is 3. The summed E-state index contributed by atoms with van der Waals surface area (Å²) in [5.41, 5.74) is 3.37. The maximum atomic E-state index is 11.7. The van der Waals surface area contributed by atoms with Crippen LogP contribution in [-0.2, 0) is 24.9 Å². The number of aryl methyl sites for hydroxylation is 1. The van der Waals surface area contributed by atoms with Gasteiger partial charge in [-0.2, -0.15) is 0 Å². The van der Waals surface area contributed by atoms with Crippen molar-refractivity contribution in [2.45, 2.75) is 77.6 Å². The zero-order valence-electron chi connectivity index (χ0n) is 27.4. The molecule has 0 saturated heterocycles. The van der Waals surface area contributed by atoms with Crippen LogP contribution in [0.5, 0.6) is 0 Å². The first-order chi connectivity index (χ1) is 20.5. The third-order valence-corrected chi connectivity index (χ3v) is 14.0. The maximum Gasteiger partial charge on any atom is 0 e. The summed E-state index contributed by atoms with van der Waals surface area (Å²) in [5.74, 6) is 7.90. The smallest absolute Gasteiger partial charge is 0 e. The monoisotopic (exact) mass is 847 g/mol. The molecule has 2 heterocycles. The van der Waals surface area contributed by atoms with Gasteiger partial charge in [0.25, 0.3) is 0 Å². The van der Waals surface area contributed by atoms with E-state index in [-0.39, 0.29) is 43.5 Å². The summed E-state index contributed by atoms with van der Waals surface area (Å²) in [4.78, 5) is 16.5. The molecule has 0 aliphatic carbocycles. The molecule has 3 aromatic carbocycles. The summed E-state index contributed by atoms with van der Waals surface area (Å²) in [6.07, 6.45) is 6.84. The third kappa shape index (κ3) is 8.28. The number of hydrogen-bond acceptors (Lipinski definition) is 4. The van der Waals surface area contributed by atoms with Crippen LogP contribution in [0.3, 0.4) is 0 Å². The number of thiophene rings is 1. The van der Waals surface area contributed by atoms with E-state index >= 15 is 0 Å². The van der Waals surface area contributed by atoms with Crippen LogP contribution in [0.15, 0.2) is 72.6 Å². The standard InChI is InChI=1S/C25H22GeNS.C13H24O2.Ir/c1-16-5-6-17-7-8-18(14-19(17)13-16)24-25-22(11-12-27-24)21-10-9-20(26(2,3)4)15-23(21)28-25;1-5-10(6-2)12(14)9-13(15)11(7-3)8-4;/h5-13,15H,1-4H3;9-11,14H,5-8H2,1-4H3;/q-1;;/b;12-9-;. The molecular formula is C38H46GeIrNO2S-. The molecule has 6 heteroatoms. The zero-order valence-corrected chi connectivity index (χ0v) is 32.7. The van der Waals surface area contributed by atoms with Crippen LogP contribution >= 0.6 is 11.3 Å². The molecule has 0 amide bonds. The zero-order chi connectivity index (χ0) is 31.3. The number of rotatable bonds is 9. The van der Waals surface area contributed by atoms with Crippen molar-refractivity contribution in [2.24, 2.45) is 11.8 Å². The molecule has 5 rings (SSSR count). The number of aliphatic hydroxyl groups excluding tert-OH is 1. The Morgan fingerprint density at radius 1 is 0.909 bits per heavy atom. The minimum atomic E-state index is -1.84. The van der Waals surface area contributed by atoms with E-state index in [1.54, 1.807) is 4.40 Å². The number of aliphatic hydroxyl groups is 1. The van der Waals surface area contributed by atoms with Gasteiger partial charge in [0.1, 0.15) is 0 Å². The summed E-state index contributed by atoms with van der Waals surface area (Å²) >= 11 is 0.0246. The molecule has 0 atom stereocenters. The molecule has 0 aliphatic heterocycles. The van der Waals surface area contributed by atoms with Gasteiger partial charge in [0.2, 0.25) is 0 Å². The molecule has 0 bridgehead atoms. The molecule has 0 unspecified atom stereocenters. The Labute approximate surface area is 283 Å². The molecule has 235 valence electrons. The first-order valence-electron chi connectivity index (χ1n) is 15.7. The summed E-state index contributed by atoms with van der Waals surface area (Å²) in [5, 5.41) is 14.8. The second-order valence-corrected chi connectivity index (χ2v) is 24.3. The average molecular weight is 846 g/mol. The van der Waals surface area contributed by atoms with Crippen LogP contribution in [0, 0.1) is 24.8 Å². The first-order valence-corrected chi connectivity index (χ1v) is 23.9. The summed E-state index contributed by atoms with van der Waals surface area (Å²) in [6.45, 7) is 10.2. The van der Waals surface area contributed by atoms with Gasteiger partial charge in [-0.05, 0) is 25.7 Å². The average Bonchev–Trinajstić information content (AvgIpc) is 3.36. The Morgan fingerprint density at radius 3 is 2.20 bits per heavy atom. The number of ketones is 1. The Hall–Kier alpha value is -2.31. The van der Waals surface area contributed by atoms with E-state index in [0.717, 1.165) is 42.3 Å². The molecule has 0 spiro atoms. The number of allylic oxidation sites excluding steroid dienone is 2. The fraction of sp³-hybridized carbons (Fsp3) is 0.368. The molecule has 5 aromatic rings. The molecule has 0 fully saturated rings. The Balaban J connectivity index is 0.000000286.